The van der Waals surface area contributed by atoms with Crippen molar-refractivity contribution in [2.24, 2.45) is 0 Å². The summed E-state index contributed by atoms with van der Waals surface area (Å²) in [5.41, 5.74) is 2.93. The van der Waals surface area contributed by atoms with Crippen molar-refractivity contribution in [1.29, 1.82) is 0 Å². The molecule has 3 aromatic rings. The predicted molar refractivity (Wildman–Crippen MR) is 151 cm³/mol. The number of halogens is 2. The van der Waals surface area contributed by atoms with Crippen LogP contribution < -0.4 is 5.32 Å². The summed E-state index contributed by atoms with van der Waals surface area (Å²) in [6.07, 6.45) is 0.379. The highest BCUT2D eigenvalue weighted by Crippen LogP contribution is 2.25. The second kappa shape index (κ2) is 13.1. The van der Waals surface area contributed by atoms with E-state index in [1.807, 2.05) is 82.3 Å². The van der Waals surface area contributed by atoms with E-state index in [1.54, 1.807) is 17.0 Å². The number of nitrogens with one attached hydrogen (secondary N) is 1. The standard InChI is InChI=1S/C30H34ClFN2O2S/c1-21-13-15-23(16-14-21)18-34(28(35)20-37-19-24-25(31)11-8-12-26(24)32)27(29(36)33-30(2,3)4)17-22-9-6-5-7-10-22/h5-16,27H,17-20H2,1-4H3,(H,33,36)/t27-/m0/s1. The van der Waals surface area contributed by atoms with Crippen LogP contribution in [0.25, 0.3) is 0 Å². The Hall–Kier alpha value is -2.83. The maximum absolute atomic E-state index is 14.2. The molecule has 0 spiro atoms. The van der Waals surface area contributed by atoms with Gasteiger partial charge in [0.05, 0.1) is 5.75 Å². The third-order valence-corrected chi connectivity index (χ3v) is 7.07. The minimum atomic E-state index is -0.715. The highest BCUT2D eigenvalue weighted by molar-refractivity contribution is 7.99. The van der Waals surface area contributed by atoms with Gasteiger partial charge in [0.25, 0.3) is 0 Å². The zero-order valence-corrected chi connectivity index (χ0v) is 23.3. The van der Waals surface area contributed by atoms with Gasteiger partial charge in [0, 0.05) is 34.8 Å². The molecule has 37 heavy (non-hydrogen) atoms. The van der Waals surface area contributed by atoms with Crippen LogP contribution in [0, 0.1) is 12.7 Å². The Morgan fingerprint density at radius 3 is 2.27 bits per heavy atom. The van der Waals surface area contributed by atoms with Gasteiger partial charge in [0.1, 0.15) is 11.9 Å². The van der Waals surface area contributed by atoms with Crippen LogP contribution >= 0.6 is 23.4 Å². The monoisotopic (exact) mass is 540 g/mol. The van der Waals surface area contributed by atoms with Crippen molar-refractivity contribution in [2.45, 2.75) is 58.0 Å². The Morgan fingerprint density at radius 1 is 0.973 bits per heavy atom. The maximum Gasteiger partial charge on any atom is 0.243 e. The van der Waals surface area contributed by atoms with Crippen LogP contribution in [0.4, 0.5) is 4.39 Å². The fourth-order valence-electron chi connectivity index (χ4n) is 3.89. The summed E-state index contributed by atoms with van der Waals surface area (Å²) in [6.45, 7) is 8.06. The summed E-state index contributed by atoms with van der Waals surface area (Å²) < 4.78 is 14.2. The molecule has 0 saturated carbocycles. The van der Waals surface area contributed by atoms with Crippen LogP contribution in [-0.2, 0) is 28.3 Å². The summed E-state index contributed by atoms with van der Waals surface area (Å²) >= 11 is 7.45. The third-order valence-electron chi connectivity index (χ3n) is 5.78. The summed E-state index contributed by atoms with van der Waals surface area (Å²) in [4.78, 5) is 28.9. The summed E-state index contributed by atoms with van der Waals surface area (Å²) in [5.74, 6) is -0.449. The average Bonchev–Trinajstić information content (AvgIpc) is 2.83. The van der Waals surface area contributed by atoms with E-state index in [-0.39, 0.29) is 29.9 Å². The number of carbonyl (C=O) groups is 2. The maximum atomic E-state index is 14.2. The first-order chi connectivity index (χ1) is 17.5. The second-order valence-corrected chi connectivity index (χ2v) is 11.5. The molecule has 2 amide bonds. The number of hydrogen-bond donors (Lipinski definition) is 1. The molecule has 196 valence electrons. The second-order valence-electron chi connectivity index (χ2n) is 10.1. The molecule has 0 heterocycles. The number of benzene rings is 3. The van der Waals surface area contributed by atoms with E-state index in [9.17, 15) is 14.0 Å². The Bertz CT molecular complexity index is 1180. The molecule has 4 nitrogen and oxygen atoms in total. The van der Waals surface area contributed by atoms with Crippen LogP contribution in [0.2, 0.25) is 5.02 Å². The molecule has 1 atom stereocenters. The van der Waals surface area contributed by atoms with Crippen molar-refractivity contribution < 1.29 is 14.0 Å². The molecule has 0 saturated heterocycles. The Labute approximate surface area is 228 Å². The fraction of sp³-hybridized carbons (Fsp3) is 0.333. The summed E-state index contributed by atoms with van der Waals surface area (Å²) in [6, 6.07) is 21.5. The van der Waals surface area contributed by atoms with Crippen molar-refractivity contribution in [3.05, 3.63) is 106 Å². The Morgan fingerprint density at radius 2 is 1.65 bits per heavy atom. The number of hydrogen-bond acceptors (Lipinski definition) is 3. The molecule has 0 aliphatic heterocycles. The lowest BCUT2D eigenvalue weighted by Crippen LogP contribution is -2.54. The van der Waals surface area contributed by atoms with Crippen molar-refractivity contribution in [3.63, 3.8) is 0 Å². The summed E-state index contributed by atoms with van der Waals surface area (Å²) in [7, 11) is 0. The number of amides is 2. The van der Waals surface area contributed by atoms with Crippen LogP contribution in [-0.4, -0.2) is 34.0 Å². The minimum absolute atomic E-state index is 0.0879. The molecule has 0 aliphatic rings. The number of nitrogens with zero attached hydrogens (tertiary/aromatic N) is 1. The largest absolute Gasteiger partial charge is 0.350 e. The number of aryl methyl sites for hydroxylation is 1. The van der Waals surface area contributed by atoms with E-state index in [0.29, 0.717) is 17.0 Å². The van der Waals surface area contributed by atoms with Gasteiger partial charge in [0.15, 0.2) is 0 Å². The average molecular weight is 541 g/mol. The normalized spacial score (nSPS) is 12.2. The van der Waals surface area contributed by atoms with Gasteiger partial charge in [-0.2, -0.15) is 0 Å². The molecule has 0 fully saturated rings. The minimum Gasteiger partial charge on any atom is -0.350 e. The molecular formula is C30H34ClFN2O2S. The summed E-state index contributed by atoms with van der Waals surface area (Å²) in [5, 5.41) is 3.40. The van der Waals surface area contributed by atoms with E-state index in [0.717, 1.165) is 16.7 Å². The lowest BCUT2D eigenvalue weighted by Gasteiger charge is -2.34. The first-order valence-corrected chi connectivity index (χ1v) is 13.8. The molecular weight excluding hydrogens is 507 g/mol. The molecule has 0 aliphatic carbocycles. The number of rotatable bonds is 10. The first kappa shape index (κ1) is 28.7. The molecule has 0 aromatic heterocycles. The fourth-order valence-corrected chi connectivity index (χ4v) is 5.14. The van der Waals surface area contributed by atoms with Gasteiger partial charge in [0.2, 0.25) is 11.8 Å². The Kier molecular flexibility index (Phi) is 10.2. The van der Waals surface area contributed by atoms with Gasteiger partial charge in [-0.15, -0.1) is 11.8 Å². The van der Waals surface area contributed by atoms with Gasteiger partial charge in [-0.3, -0.25) is 9.59 Å². The molecule has 3 rings (SSSR count). The molecule has 7 heteroatoms. The third kappa shape index (κ3) is 8.90. The van der Waals surface area contributed by atoms with Crippen LogP contribution in [0.5, 0.6) is 0 Å². The predicted octanol–water partition coefficient (Wildman–Crippen LogP) is 6.58. The van der Waals surface area contributed by atoms with Crippen LogP contribution in [0.1, 0.15) is 43.0 Å². The lowest BCUT2D eigenvalue weighted by atomic mass is 10.0. The van der Waals surface area contributed by atoms with Gasteiger partial charge in [-0.25, -0.2) is 4.39 Å². The van der Waals surface area contributed by atoms with Crippen molar-refractivity contribution in [2.75, 3.05) is 5.75 Å². The van der Waals surface area contributed by atoms with Crippen molar-refractivity contribution >= 4 is 35.2 Å². The van der Waals surface area contributed by atoms with Crippen LogP contribution in [0.15, 0.2) is 72.8 Å². The smallest absolute Gasteiger partial charge is 0.243 e. The van der Waals surface area contributed by atoms with E-state index < -0.39 is 17.4 Å². The molecule has 3 aromatic carbocycles. The zero-order valence-electron chi connectivity index (χ0n) is 21.8. The molecule has 0 unspecified atom stereocenters. The van der Waals surface area contributed by atoms with E-state index in [2.05, 4.69) is 5.32 Å². The van der Waals surface area contributed by atoms with Gasteiger partial charge < -0.3 is 10.2 Å². The zero-order chi connectivity index (χ0) is 27.0. The van der Waals surface area contributed by atoms with Crippen molar-refractivity contribution in [1.82, 2.24) is 10.2 Å². The molecule has 0 bridgehead atoms. The van der Waals surface area contributed by atoms with Crippen molar-refractivity contribution in [3.8, 4) is 0 Å². The van der Waals surface area contributed by atoms with E-state index in [1.165, 1.54) is 17.8 Å². The number of carbonyl (C=O) groups excluding carboxylic acids is 2. The lowest BCUT2D eigenvalue weighted by molar-refractivity contribution is -0.140. The quantitative estimate of drug-likeness (QED) is 0.316. The SMILES string of the molecule is Cc1ccc(CN(C(=O)CSCc2c(F)cccc2Cl)[C@@H](Cc2ccccc2)C(=O)NC(C)(C)C)cc1. The van der Waals surface area contributed by atoms with E-state index in [4.69, 9.17) is 11.6 Å². The molecule has 0 radical (unpaired) electrons. The molecule has 1 N–H and O–H groups in total. The topological polar surface area (TPSA) is 49.4 Å². The highest BCUT2D eigenvalue weighted by Gasteiger charge is 2.32. The highest BCUT2D eigenvalue weighted by atomic mass is 35.5. The first-order valence-electron chi connectivity index (χ1n) is 12.2. The van der Waals surface area contributed by atoms with E-state index >= 15 is 0 Å². The Balaban J connectivity index is 1.88. The van der Waals surface area contributed by atoms with Gasteiger partial charge in [-0.05, 0) is 51.0 Å². The van der Waals surface area contributed by atoms with Gasteiger partial charge in [-0.1, -0.05) is 77.8 Å². The van der Waals surface area contributed by atoms with Crippen LogP contribution in [0.3, 0.4) is 0 Å². The number of thioether (sulfide) groups is 1. The van der Waals surface area contributed by atoms with Gasteiger partial charge >= 0.3 is 0 Å².